The second-order valence-electron chi connectivity index (χ2n) is 8.75. The number of nitrogens with zero attached hydrogens (tertiary/aromatic N) is 2. The van der Waals surface area contributed by atoms with Gasteiger partial charge in [-0.1, -0.05) is 43.3 Å². The highest BCUT2D eigenvalue weighted by Crippen LogP contribution is 2.42. The first kappa shape index (κ1) is 20.7. The van der Waals surface area contributed by atoms with Crippen LogP contribution in [0.2, 0.25) is 0 Å². The third kappa shape index (κ3) is 3.65. The number of hydrogen-bond donors (Lipinski definition) is 1. The molecule has 0 radical (unpaired) electrons. The average Bonchev–Trinajstić information content (AvgIpc) is 3.16. The number of likely N-dealkylation sites (tertiary alicyclic amines) is 1. The third-order valence-electron chi connectivity index (χ3n) is 6.92. The van der Waals surface area contributed by atoms with Gasteiger partial charge in [-0.2, -0.15) is 0 Å². The molecule has 4 heteroatoms. The van der Waals surface area contributed by atoms with Crippen molar-refractivity contribution in [1.82, 2.24) is 9.80 Å². The first-order valence-corrected chi connectivity index (χ1v) is 11.0. The van der Waals surface area contributed by atoms with Crippen molar-refractivity contribution in [3.63, 3.8) is 0 Å². The molecule has 0 saturated carbocycles. The molecule has 1 saturated heterocycles. The van der Waals surface area contributed by atoms with Crippen LogP contribution < -0.4 is 0 Å². The standard InChI is InChI=1S/C26H32N2O2/c1-5-27-12-8-10-20(27)15-28-16-24(26(29)30)22-13-18(3)19(4)14-23(22)25(28)21-11-7-6-9-17(21)2/h6-7,9,11,13-14,16,20,25H,5,8,10,12,15H2,1-4H3,(H,29,30). The summed E-state index contributed by atoms with van der Waals surface area (Å²) in [7, 11) is 0. The van der Waals surface area contributed by atoms with E-state index in [9.17, 15) is 9.90 Å². The molecule has 30 heavy (non-hydrogen) atoms. The van der Waals surface area contributed by atoms with Gasteiger partial charge < -0.3 is 10.0 Å². The van der Waals surface area contributed by atoms with Gasteiger partial charge in [0.15, 0.2) is 0 Å². The molecule has 2 aromatic carbocycles. The number of likely N-dealkylation sites (N-methyl/N-ethyl adjacent to an activating group) is 1. The fourth-order valence-electron chi connectivity index (χ4n) is 5.12. The molecule has 0 spiro atoms. The molecule has 4 nitrogen and oxygen atoms in total. The monoisotopic (exact) mass is 404 g/mol. The summed E-state index contributed by atoms with van der Waals surface area (Å²) in [6.07, 6.45) is 4.29. The van der Waals surface area contributed by atoms with Gasteiger partial charge >= 0.3 is 5.97 Å². The van der Waals surface area contributed by atoms with Gasteiger partial charge in [-0.05, 0) is 80.1 Å². The number of carboxylic acids is 1. The second-order valence-corrected chi connectivity index (χ2v) is 8.75. The predicted molar refractivity (Wildman–Crippen MR) is 122 cm³/mol. The van der Waals surface area contributed by atoms with Gasteiger partial charge in [-0.3, -0.25) is 4.90 Å². The molecule has 0 aromatic heterocycles. The van der Waals surface area contributed by atoms with Gasteiger partial charge in [0.25, 0.3) is 0 Å². The predicted octanol–water partition coefficient (Wildman–Crippen LogP) is 4.93. The van der Waals surface area contributed by atoms with Crippen LogP contribution in [0.3, 0.4) is 0 Å². The number of carbonyl (C=O) groups is 1. The maximum Gasteiger partial charge on any atom is 0.337 e. The molecular formula is C26H32N2O2. The number of hydrogen-bond acceptors (Lipinski definition) is 3. The number of aliphatic carboxylic acids is 1. The Hall–Kier alpha value is -2.59. The molecule has 2 atom stereocenters. The zero-order chi connectivity index (χ0) is 21.4. The van der Waals surface area contributed by atoms with Crippen LogP contribution >= 0.6 is 0 Å². The third-order valence-corrected chi connectivity index (χ3v) is 6.92. The molecule has 0 amide bonds. The number of aryl methyl sites for hydroxylation is 3. The summed E-state index contributed by atoms with van der Waals surface area (Å²) in [5.41, 5.74) is 7.19. The normalized spacial score (nSPS) is 21.5. The van der Waals surface area contributed by atoms with E-state index in [1.54, 1.807) is 0 Å². The molecular weight excluding hydrogens is 372 g/mol. The topological polar surface area (TPSA) is 43.8 Å². The lowest BCUT2D eigenvalue weighted by Gasteiger charge is -2.40. The van der Waals surface area contributed by atoms with Crippen LogP contribution in [0.4, 0.5) is 0 Å². The molecule has 2 aliphatic heterocycles. The number of carboxylic acid groups (broad SMARTS) is 1. The summed E-state index contributed by atoms with van der Waals surface area (Å²) in [5, 5.41) is 10.0. The van der Waals surface area contributed by atoms with Crippen molar-refractivity contribution in [2.75, 3.05) is 19.6 Å². The lowest BCUT2D eigenvalue weighted by molar-refractivity contribution is -0.130. The Labute approximate surface area is 179 Å². The molecule has 1 fully saturated rings. The summed E-state index contributed by atoms with van der Waals surface area (Å²) >= 11 is 0. The molecule has 4 rings (SSSR count). The summed E-state index contributed by atoms with van der Waals surface area (Å²) in [6.45, 7) is 11.6. The van der Waals surface area contributed by atoms with Gasteiger partial charge in [0.05, 0.1) is 11.6 Å². The van der Waals surface area contributed by atoms with E-state index in [0.29, 0.717) is 11.6 Å². The first-order valence-electron chi connectivity index (χ1n) is 11.0. The highest BCUT2D eigenvalue weighted by atomic mass is 16.4. The fourth-order valence-corrected chi connectivity index (χ4v) is 5.12. The SMILES string of the molecule is CCN1CCCC1CN1C=C(C(=O)O)c2cc(C)c(C)cc2C1c1ccccc1C. The van der Waals surface area contributed by atoms with Crippen molar-refractivity contribution in [2.45, 2.75) is 52.6 Å². The Morgan fingerprint density at radius 2 is 1.80 bits per heavy atom. The largest absolute Gasteiger partial charge is 0.478 e. The Balaban J connectivity index is 1.87. The Bertz CT molecular complexity index is 995. The van der Waals surface area contributed by atoms with Gasteiger partial charge in [0, 0.05) is 18.8 Å². The first-order chi connectivity index (χ1) is 14.4. The summed E-state index contributed by atoms with van der Waals surface area (Å²) < 4.78 is 0. The van der Waals surface area contributed by atoms with Gasteiger partial charge in [0.2, 0.25) is 0 Å². The lowest BCUT2D eigenvalue weighted by atomic mass is 9.83. The van der Waals surface area contributed by atoms with Crippen molar-refractivity contribution in [1.29, 1.82) is 0 Å². The highest BCUT2D eigenvalue weighted by Gasteiger charge is 2.35. The summed E-state index contributed by atoms with van der Waals surface area (Å²) in [4.78, 5) is 17.0. The minimum absolute atomic E-state index is 0.0305. The smallest absolute Gasteiger partial charge is 0.337 e. The Kier molecular flexibility index (Phi) is 5.70. The summed E-state index contributed by atoms with van der Waals surface area (Å²) in [6, 6.07) is 13.3. The molecule has 2 aliphatic rings. The van der Waals surface area contributed by atoms with Gasteiger partial charge in [-0.15, -0.1) is 0 Å². The minimum atomic E-state index is -0.855. The zero-order valence-electron chi connectivity index (χ0n) is 18.5. The molecule has 2 aromatic rings. The molecule has 1 N–H and O–H groups in total. The number of rotatable bonds is 5. The molecule has 0 aliphatic carbocycles. The van der Waals surface area contributed by atoms with E-state index >= 15 is 0 Å². The molecule has 158 valence electrons. The van der Waals surface area contributed by atoms with E-state index < -0.39 is 5.97 Å². The second kappa shape index (κ2) is 8.27. The number of benzene rings is 2. The minimum Gasteiger partial charge on any atom is -0.478 e. The van der Waals surface area contributed by atoms with E-state index in [-0.39, 0.29) is 6.04 Å². The van der Waals surface area contributed by atoms with Crippen LogP contribution in [0.15, 0.2) is 42.6 Å². The van der Waals surface area contributed by atoms with Crippen molar-refractivity contribution >= 4 is 11.5 Å². The van der Waals surface area contributed by atoms with Crippen LogP contribution in [0.5, 0.6) is 0 Å². The van der Waals surface area contributed by atoms with E-state index in [1.807, 2.05) is 6.20 Å². The van der Waals surface area contributed by atoms with Crippen LogP contribution in [0, 0.1) is 20.8 Å². The van der Waals surface area contributed by atoms with Crippen LogP contribution in [0.25, 0.3) is 5.57 Å². The highest BCUT2D eigenvalue weighted by molar-refractivity contribution is 6.16. The average molecular weight is 405 g/mol. The van der Waals surface area contributed by atoms with Crippen molar-refractivity contribution < 1.29 is 9.90 Å². The van der Waals surface area contributed by atoms with Crippen LogP contribution in [-0.4, -0.2) is 46.6 Å². The van der Waals surface area contributed by atoms with Crippen molar-refractivity contribution in [3.8, 4) is 0 Å². The van der Waals surface area contributed by atoms with E-state index in [1.165, 1.54) is 29.5 Å². The number of fused-ring (bicyclic) bond motifs is 1. The molecule has 2 heterocycles. The van der Waals surface area contributed by atoms with Gasteiger partial charge in [-0.25, -0.2) is 4.79 Å². The van der Waals surface area contributed by atoms with Crippen molar-refractivity contribution in [3.05, 3.63) is 76.0 Å². The van der Waals surface area contributed by atoms with Crippen LogP contribution in [0.1, 0.15) is 59.2 Å². The fraction of sp³-hybridized carbons (Fsp3) is 0.423. The quantitative estimate of drug-likeness (QED) is 0.768. The maximum atomic E-state index is 12.2. The maximum absolute atomic E-state index is 12.2. The van der Waals surface area contributed by atoms with E-state index in [2.05, 4.69) is 73.9 Å². The van der Waals surface area contributed by atoms with Crippen LogP contribution in [-0.2, 0) is 4.79 Å². The molecule has 2 unspecified atom stereocenters. The lowest BCUT2D eigenvalue weighted by Crippen LogP contribution is -2.41. The Morgan fingerprint density at radius 1 is 1.07 bits per heavy atom. The van der Waals surface area contributed by atoms with Gasteiger partial charge in [0.1, 0.15) is 0 Å². The van der Waals surface area contributed by atoms with E-state index in [4.69, 9.17) is 0 Å². The summed E-state index contributed by atoms with van der Waals surface area (Å²) in [5.74, 6) is -0.855. The Morgan fingerprint density at radius 3 is 2.50 bits per heavy atom. The van der Waals surface area contributed by atoms with E-state index in [0.717, 1.165) is 36.3 Å². The zero-order valence-corrected chi connectivity index (χ0v) is 18.5. The van der Waals surface area contributed by atoms with Crippen molar-refractivity contribution in [2.24, 2.45) is 0 Å². The molecule has 0 bridgehead atoms.